The number of benzene rings is 1. The molecule has 0 saturated heterocycles. The van der Waals surface area contributed by atoms with Crippen LogP contribution >= 0.6 is 0 Å². The lowest BCUT2D eigenvalue weighted by molar-refractivity contribution is -0.119. The summed E-state index contributed by atoms with van der Waals surface area (Å²) >= 11 is 0. The lowest BCUT2D eigenvalue weighted by Crippen LogP contribution is -2.38. The van der Waals surface area contributed by atoms with Crippen LogP contribution in [0.2, 0.25) is 0 Å². The summed E-state index contributed by atoms with van der Waals surface area (Å²) in [6.07, 6.45) is 2.09. The van der Waals surface area contributed by atoms with Crippen molar-refractivity contribution < 1.29 is 4.79 Å². The molecule has 0 bridgehead atoms. The van der Waals surface area contributed by atoms with Crippen LogP contribution < -0.4 is 17.0 Å². The van der Waals surface area contributed by atoms with E-state index in [1.165, 1.54) is 10.6 Å². The van der Waals surface area contributed by atoms with Gasteiger partial charge in [-0.05, 0) is 30.2 Å². The highest BCUT2D eigenvalue weighted by Crippen LogP contribution is 2.09. The van der Waals surface area contributed by atoms with Gasteiger partial charge in [0.15, 0.2) is 0 Å². The molecule has 1 aromatic heterocycles. The predicted octanol–water partition coefficient (Wildman–Crippen LogP) is 0.193. The third-order valence-corrected chi connectivity index (χ3v) is 2.86. The van der Waals surface area contributed by atoms with E-state index in [0.29, 0.717) is 6.42 Å². The number of carbonyl (C=O) groups excluding carboxylic acids is 1. The molecule has 1 heterocycles. The highest BCUT2D eigenvalue weighted by Gasteiger charge is 2.09. The molecule has 0 aliphatic carbocycles. The maximum absolute atomic E-state index is 11.7. The Balaban J connectivity index is 2.22. The molecular formula is C14H15N3O2. The predicted molar refractivity (Wildman–Crippen MR) is 72.9 cm³/mol. The van der Waals surface area contributed by atoms with Gasteiger partial charge < -0.3 is 11.5 Å². The maximum atomic E-state index is 11.7. The summed E-state index contributed by atoms with van der Waals surface area (Å²) in [6, 6.07) is 11.6. The molecule has 0 aliphatic heterocycles. The monoisotopic (exact) mass is 257 g/mol. The van der Waals surface area contributed by atoms with Gasteiger partial charge in [-0.25, -0.2) is 0 Å². The van der Waals surface area contributed by atoms with Crippen LogP contribution in [0.3, 0.4) is 0 Å². The van der Waals surface area contributed by atoms with Crippen molar-refractivity contribution in [3.63, 3.8) is 0 Å². The van der Waals surface area contributed by atoms with E-state index in [1.807, 2.05) is 24.3 Å². The summed E-state index contributed by atoms with van der Waals surface area (Å²) < 4.78 is 1.54. The van der Waals surface area contributed by atoms with E-state index in [4.69, 9.17) is 11.5 Å². The van der Waals surface area contributed by atoms with E-state index in [0.717, 1.165) is 11.3 Å². The number of aromatic nitrogens is 1. The van der Waals surface area contributed by atoms with Crippen LogP contribution in [0.4, 0.5) is 0 Å². The Morgan fingerprint density at radius 1 is 1.16 bits per heavy atom. The lowest BCUT2D eigenvalue weighted by atomic mass is 10.1. The van der Waals surface area contributed by atoms with E-state index in [-0.39, 0.29) is 5.56 Å². The molecule has 1 aromatic carbocycles. The fraction of sp³-hybridized carbons (Fsp3) is 0.143. The van der Waals surface area contributed by atoms with Gasteiger partial charge in [0.1, 0.15) is 0 Å². The molecule has 0 saturated carbocycles. The van der Waals surface area contributed by atoms with E-state index >= 15 is 0 Å². The fourth-order valence-corrected chi connectivity index (χ4v) is 1.79. The van der Waals surface area contributed by atoms with Gasteiger partial charge in [0, 0.05) is 18.0 Å². The molecule has 1 amide bonds. The van der Waals surface area contributed by atoms with Gasteiger partial charge >= 0.3 is 0 Å². The normalized spacial score (nSPS) is 12.1. The molecule has 0 fully saturated rings. The standard InChI is InChI=1S/C14H15N3O2/c15-12(14(16)19)9-10-4-6-11(7-5-10)17-8-2-1-3-13(17)18/h1-8,12H,9,15H2,(H2,16,19)/t12-/m1/s1. The third-order valence-electron chi connectivity index (χ3n) is 2.86. The second-order valence-electron chi connectivity index (χ2n) is 4.29. The largest absolute Gasteiger partial charge is 0.368 e. The van der Waals surface area contributed by atoms with E-state index < -0.39 is 11.9 Å². The summed E-state index contributed by atoms with van der Waals surface area (Å²) in [6.45, 7) is 0. The number of nitrogens with zero attached hydrogens (tertiary/aromatic N) is 1. The van der Waals surface area contributed by atoms with Crippen molar-refractivity contribution in [2.24, 2.45) is 11.5 Å². The van der Waals surface area contributed by atoms with Gasteiger partial charge in [-0.3, -0.25) is 14.2 Å². The number of hydrogen-bond donors (Lipinski definition) is 2. The first kappa shape index (κ1) is 13.0. The maximum Gasteiger partial charge on any atom is 0.255 e. The Bertz CT molecular complexity index is 632. The Hall–Kier alpha value is -2.40. The van der Waals surface area contributed by atoms with Crippen LogP contribution in [0.1, 0.15) is 5.56 Å². The van der Waals surface area contributed by atoms with Crippen LogP contribution in [0, 0.1) is 0 Å². The number of hydrogen-bond acceptors (Lipinski definition) is 3. The Labute approximate surface area is 110 Å². The molecule has 0 unspecified atom stereocenters. The Kier molecular flexibility index (Phi) is 3.77. The van der Waals surface area contributed by atoms with Crippen LogP contribution in [-0.2, 0) is 11.2 Å². The molecule has 98 valence electrons. The average molecular weight is 257 g/mol. The molecule has 0 spiro atoms. The molecule has 4 N–H and O–H groups in total. The molecule has 2 rings (SSSR count). The van der Waals surface area contributed by atoms with Crippen LogP contribution in [0.5, 0.6) is 0 Å². The SMILES string of the molecule is NC(=O)[C@H](N)Cc1ccc(-n2ccccc2=O)cc1. The molecule has 19 heavy (non-hydrogen) atoms. The van der Waals surface area contributed by atoms with Crippen molar-refractivity contribution in [1.82, 2.24) is 4.57 Å². The molecule has 0 aliphatic rings. The van der Waals surface area contributed by atoms with E-state index in [9.17, 15) is 9.59 Å². The number of carbonyl (C=O) groups is 1. The molecule has 5 nitrogen and oxygen atoms in total. The second-order valence-corrected chi connectivity index (χ2v) is 4.29. The number of nitrogens with two attached hydrogens (primary N) is 2. The minimum Gasteiger partial charge on any atom is -0.368 e. The van der Waals surface area contributed by atoms with Crippen molar-refractivity contribution in [1.29, 1.82) is 0 Å². The first-order valence-corrected chi connectivity index (χ1v) is 5.90. The second kappa shape index (κ2) is 5.49. The Morgan fingerprint density at radius 3 is 2.42 bits per heavy atom. The van der Waals surface area contributed by atoms with E-state index in [2.05, 4.69) is 0 Å². The van der Waals surface area contributed by atoms with Crippen molar-refractivity contribution >= 4 is 5.91 Å². The summed E-state index contributed by atoms with van der Waals surface area (Å²) in [5.74, 6) is -0.525. The summed E-state index contributed by atoms with van der Waals surface area (Å²) in [5, 5.41) is 0. The van der Waals surface area contributed by atoms with E-state index in [1.54, 1.807) is 18.3 Å². The smallest absolute Gasteiger partial charge is 0.255 e. The van der Waals surface area contributed by atoms with Crippen LogP contribution in [0.15, 0.2) is 53.5 Å². The molecule has 5 heteroatoms. The fourth-order valence-electron chi connectivity index (χ4n) is 1.79. The minimum atomic E-state index is -0.690. The van der Waals surface area contributed by atoms with Gasteiger partial charge in [-0.15, -0.1) is 0 Å². The number of pyridine rings is 1. The highest BCUT2D eigenvalue weighted by atomic mass is 16.1. The quantitative estimate of drug-likeness (QED) is 0.819. The first-order valence-electron chi connectivity index (χ1n) is 5.90. The third kappa shape index (κ3) is 3.08. The average Bonchev–Trinajstić information content (AvgIpc) is 2.40. The van der Waals surface area contributed by atoms with Crippen LogP contribution in [-0.4, -0.2) is 16.5 Å². The summed E-state index contributed by atoms with van der Waals surface area (Å²) in [5.41, 5.74) is 12.3. The van der Waals surface area contributed by atoms with Gasteiger partial charge in [0.2, 0.25) is 5.91 Å². The molecular weight excluding hydrogens is 242 g/mol. The summed E-state index contributed by atoms with van der Waals surface area (Å²) in [7, 11) is 0. The van der Waals surface area contributed by atoms with Gasteiger partial charge in [0.25, 0.3) is 5.56 Å². The first-order chi connectivity index (χ1) is 9.08. The zero-order valence-corrected chi connectivity index (χ0v) is 10.3. The zero-order valence-electron chi connectivity index (χ0n) is 10.3. The number of rotatable bonds is 4. The number of amides is 1. The van der Waals surface area contributed by atoms with Gasteiger partial charge in [0.05, 0.1) is 6.04 Å². The minimum absolute atomic E-state index is 0.0934. The van der Waals surface area contributed by atoms with Gasteiger partial charge in [-0.2, -0.15) is 0 Å². The molecule has 1 atom stereocenters. The zero-order chi connectivity index (χ0) is 13.8. The topological polar surface area (TPSA) is 91.1 Å². The highest BCUT2D eigenvalue weighted by molar-refractivity contribution is 5.79. The molecule has 2 aromatic rings. The van der Waals surface area contributed by atoms with Crippen molar-refractivity contribution in [3.05, 3.63) is 64.6 Å². The summed E-state index contributed by atoms with van der Waals surface area (Å²) in [4.78, 5) is 22.5. The van der Waals surface area contributed by atoms with Gasteiger partial charge in [-0.1, -0.05) is 18.2 Å². The lowest BCUT2D eigenvalue weighted by Gasteiger charge is -2.09. The van der Waals surface area contributed by atoms with Crippen molar-refractivity contribution in [3.8, 4) is 5.69 Å². The number of primary amides is 1. The Morgan fingerprint density at radius 2 is 1.84 bits per heavy atom. The van der Waals surface area contributed by atoms with Crippen molar-refractivity contribution in [2.75, 3.05) is 0 Å². The van der Waals surface area contributed by atoms with Crippen molar-refractivity contribution in [2.45, 2.75) is 12.5 Å². The van der Waals surface area contributed by atoms with Crippen LogP contribution in [0.25, 0.3) is 5.69 Å². The molecule has 0 radical (unpaired) electrons.